The van der Waals surface area contributed by atoms with Gasteiger partial charge in [-0.1, -0.05) is 18.9 Å². The van der Waals surface area contributed by atoms with Crippen molar-refractivity contribution in [2.75, 3.05) is 0 Å². The molecule has 1 atom stereocenters. The van der Waals surface area contributed by atoms with Crippen molar-refractivity contribution in [1.29, 1.82) is 0 Å². The lowest BCUT2D eigenvalue weighted by Gasteiger charge is -2.18. The Morgan fingerprint density at radius 2 is 2.11 bits per heavy atom. The third kappa shape index (κ3) is 3.55. The van der Waals surface area contributed by atoms with Crippen molar-refractivity contribution in [2.45, 2.75) is 44.7 Å². The third-order valence-electron chi connectivity index (χ3n) is 5.01. The van der Waals surface area contributed by atoms with Crippen LogP contribution in [0, 0.1) is 0 Å². The Kier molecular flexibility index (Phi) is 4.96. The Morgan fingerprint density at radius 1 is 1.29 bits per heavy atom. The second-order valence-electron chi connectivity index (χ2n) is 6.92. The predicted molar refractivity (Wildman–Crippen MR) is 101 cm³/mol. The molecule has 9 heteroatoms. The first-order valence-electron chi connectivity index (χ1n) is 9.34. The summed E-state index contributed by atoms with van der Waals surface area (Å²) in [6, 6.07) is 5.29. The number of aromatic nitrogens is 6. The number of hydrogen-bond donors (Lipinski definition) is 2. The van der Waals surface area contributed by atoms with E-state index in [1.807, 2.05) is 11.5 Å². The molecule has 0 saturated heterocycles. The lowest BCUT2D eigenvalue weighted by molar-refractivity contribution is 0.0935. The number of aromatic amines is 1. The zero-order chi connectivity index (χ0) is 19.5. The number of carbonyl (C=O) groups excluding carboxylic acids is 1. The van der Waals surface area contributed by atoms with Crippen LogP contribution in [-0.4, -0.2) is 35.6 Å². The Bertz CT molecular complexity index is 1020. The molecule has 28 heavy (non-hydrogen) atoms. The summed E-state index contributed by atoms with van der Waals surface area (Å²) < 4.78 is 2.03. The van der Waals surface area contributed by atoms with Crippen molar-refractivity contribution in [3.63, 3.8) is 0 Å². The lowest BCUT2D eigenvalue weighted by Crippen LogP contribution is -2.33. The number of amides is 1. The summed E-state index contributed by atoms with van der Waals surface area (Å²) in [5, 5.41) is 11.0. The fourth-order valence-corrected chi connectivity index (χ4v) is 3.55. The van der Waals surface area contributed by atoms with Crippen LogP contribution < -0.4 is 10.9 Å². The number of nitrogens with zero attached hydrogens (tertiary/aromatic N) is 5. The molecule has 0 bridgehead atoms. The zero-order valence-corrected chi connectivity index (χ0v) is 15.5. The smallest absolute Gasteiger partial charge is 0.264 e. The average molecular weight is 379 g/mol. The summed E-state index contributed by atoms with van der Waals surface area (Å²) in [5.74, 6) is 0.501. The minimum atomic E-state index is -0.516. The summed E-state index contributed by atoms with van der Waals surface area (Å²) in [6.45, 7) is 1.83. The molecule has 3 heterocycles. The molecule has 0 aromatic carbocycles. The minimum absolute atomic E-state index is 0.0570. The van der Waals surface area contributed by atoms with Crippen molar-refractivity contribution in [1.82, 2.24) is 35.0 Å². The van der Waals surface area contributed by atoms with Gasteiger partial charge >= 0.3 is 0 Å². The molecule has 0 aliphatic heterocycles. The number of nitrogens with one attached hydrogen (secondary N) is 2. The van der Waals surface area contributed by atoms with Gasteiger partial charge in [0.1, 0.15) is 17.6 Å². The lowest BCUT2D eigenvalue weighted by atomic mass is 10.2. The maximum Gasteiger partial charge on any atom is 0.264 e. The molecule has 144 valence electrons. The molecule has 9 nitrogen and oxygen atoms in total. The Hall–Kier alpha value is -3.36. The van der Waals surface area contributed by atoms with Crippen LogP contribution in [0.15, 0.2) is 41.7 Å². The van der Waals surface area contributed by atoms with Crippen molar-refractivity contribution in [3.05, 3.63) is 58.7 Å². The molecule has 1 aliphatic carbocycles. The van der Waals surface area contributed by atoms with Crippen LogP contribution in [0.3, 0.4) is 0 Å². The molecule has 3 aromatic heterocycles. The highest BCUT2D eigenvalue weighted by Gasteiger charge is 2.24. The maximum absolute atomic E-state index is 12.6. The quantitative estimate of drug-likeness (QED) is 0.700. The van der Waals surface area contributed by atoms with E-state index in [9.17, 15) is 9.59 Å². The number of hydrogen-bond acceptors (Lipinski definition) is 6. The van der Waals surface area contributed by atoms with Crippen molar-refractivity contribution < 1.29 is 4.79 Å². The van der Waals surface area contributed by atoms with Crippen molar-refractivity contribution >= 4 is 5.91 Å². The Balaban J connectivity index is 1.51. The zero-order valence-electron chi connectivity index (χ0n) is 15.5. The molecular weight excluding hydrogens is 358 g/mol. The fraction of sp³-hybridized carbons (Fsp3) is 0.368. The van der Waals surface area contributed by atoms with E-state index in [1.165, 1.54) is 19.0 Å². The molecule has 1 fully saturated rings. The maximum atomic E-state index is 12.6. The second kappa shape index (κ2) is 7.71. The summed E-state index contributed by atoms with van der Waals surface area (Å²) >= 11 is 0. The van der Waals surface area contributed by atoms with Crippen LogP contribution in [-0.2, 0) is 0 Å². The van der Waals surface area contributed by atoms with Crippen LogP contribution in [0.2, 0.25) is 0 Å². The van der Waals surface area contributed by atoms with Crippen LogP contribution in [0.5, 0.6) is 0 Å². The second-order valence-corrected chi connectivity index (χ2v) is 6.92. The monoisotopic (exact) mass is 379 g/mol. The van der Waals surface area contributed by atoms with E-state index in [0.29, 0.717) is 23.4 Å². The highest BCUT2D eigenvalue weighted by molar-refractivity contribution is 5.93. The number of pyridine rings is 1. The van der Waals surface area contributed by atoms with E-state index in [2.05, 4.69) is 30.5 Å². The Labute approximate surface area is 161 Å². The standard InChI is InChI=1S/C19H21N7O2/c1-12(17-25-22-11-26(17)13-6-2-3-7-13)23-18(27)14-10-21-16(24-19(14)28)15-8-4-5-9-20-15/h4-5,8-13H,2-3,6-7H2,1H3,(H,23,27)(H,21,24,28). The highest BCUT2D eigenvalue weighted by atomic mass is 16.2. The first-order chi connectivity index (χ1) is 13.6. The normalized spacial score (nSPS) is 15.5. The molecule has 1 unspecified atom stereocenters. The van der Waals surface area contributed by atoms with Gasteiger partial charge in [-0.15, -0.1) is 10.2 Å². The molecule has 1 saturated carbocycles. The number of rotatable bonds is 5. The van der Waals surface area contributed by atoms with E-state index in [0.717, 1.165) is 12.8 Å². The molecule has 1 aliphatic rings. The molecule has 0 spiro atoms. The van der Waals surface area contributed by atoms with Gasteiger partial charge in [0.25, 0.3) is 11.5 Å². The first-order valence-corrected chi connectivity index (χ1v) is 9.34. The largest absolute Gasteiger partial charge is 0.342 e. The van der Waals surface area contributed by atoms with E-state index in [1.54, 1.807) is 30.7 Å². The summed E-state index contributed by atoms with van der Waals surface area (Å²) in [7, 11) is 0. The highest BCUT2D eigenvalue weighted by Crippen LogP contribution is 2.31. The van der Waals surface area contributed by atoms with Crippen molar-refractivity contribution in [2.24, 2.45) is 0 Å². The number of H-pyrrole nitrogens is 1. The van der Waals surface area contributed by atoms with Gasteiger partial charge in [0, 0.05) is 18.4 Å². The van der Waals surface area contributed by atoms with Gasteiger partial charge in [0.15, 0.2) is 11.6 Å². The predicted octanol–water partition coefficient (Wildman–Crippen LogP) is 2.03. The van der Waals surface area contributed by atoms with Crippen molar-refractivity contribution in [3.8, 4) is 11.5 Å². The molecule has 4 rings (SSSR count). The summed E-state index contributed by atoms with van der Waals surface area (Å²) in [4.78, 5) is 35.9. The first kappa shape index (κ1) is 18.0. The van der Waals surface area contributed by atoms with Crippen LogP contribution >= 0.6 is 0 Å². The average Bonchev–Trinajstić information content (AvgIpc) is 3.40. The van der Waals surface area contributed by atoms with E-state index in [-0.39, 0.29) is 11.6 Å². The van der Waals surface area contributed by atoms with E-state index >= 15 is 0 Å². The van der Waals surface area contributed by atoms with Gasteiger partial charge in [-0.3, -0.25) is 14.6 Å². The van der Waals surface area contributed by atoms with E-state index in [4.69, 9.17) is 0 Å². The summed E-state index contributed by atoms with van der Waals surface area (Å²) in [5.41, 5.74) is -0.0410. The summed E-state index contributed by atoms with van der Waals surface area (Å²) in [6.07, 6.45) is 9.14. The Morgan fingerprint density at radius 3 is 2.82 bits per heavy atom. The third-order valence-corrected chi connectivity index (χ3v) is 5.01. The fourth-order valence-electron chi connectivity index (χ4n) is 3.55. The molecule has 0 radical (unpaired) electrons. The molecule has 2 N–H and O–H groups in total. The van der Waals surface area contributed by atoms with Gasteiger partial charge < -0.3 is 14.9 Å². The van der Waals surface area contributed by atoms with Gasteiger partial charge in [-0.25, -0.2) is 4.98 Å². The van der Waals surface area contributed by atoms with Crippen LogP contribution in [0.4, 0.5) is 0 Å². The minimum Gasteiger partial charge on any atom is -0.342 e. The molecular formula is C19H21N7O2. The molecule has 3 aromatic rings. The topological polar surface area (TPSA) is 118 Å². The van der Waals surface area contributed by atoms with Gasteiger partial charge in [-0.05, 0) is 31.9 Å². The van der Waals surface area contributed by atoms with Gasteiger partial charge in [0.05, 0.1) is 6.04 Å². The van der Waals surface area contributed by atoms with Gasteiger partial charge in [-0.2, -0.15) is 0 Å². The van der Waals surface area contributed by atoms with Gasteiger partial charge in [0.2, 0.25) is 0 Å². The van der Waals surface area contributed by atoms with Crippen LogP contribution in [0.1, 0.15) is 60.9 Å². The molecule has 1 amide bonds. The number of carbonyl (C=O) groups is 1. The SMILES string of the molecule is CC(NC(=O)c1cnc(-c2ccccn2)[nH]c1=O)c1nncn1C1CCCC1. The van der Waals surface area contributed by atoms with Crippen LogP contribution in [0.25, 0.3) is 11.5 Å². The van der Waals surface area contributed by atoms with E-state index < -0.39 is 11.5 Å².